The summed E-state index contributed by atoms with van der Waals surface area (Å²) in [5.74, 6) is -0.0713. The number of hydrogen-bond acceptors (Lipinski definition) is 2. The smallest absolute Gasteiger partial charge is 0.254 e. The molecule has 0 saturated carbocycles. The van der Waals surface area contributed by atoms with Crippen LogP contribution in [0.1, 0.15) is 37.8 Å². The van der Waals surface area contributed by atoms with Crippen molar-refractivity contribution in [3.63, 3.8) is 0 Å². The maximum Gasteiger partial charge on any atom is 0.254 e. The number of amides is 2. The molecule has 1 heterocycles. The molecule has 0 N–H and O–H groups in total. The first-order chi connectivity index (χ1) is 17.2. The predicted molar refractivity (Wildman–Crippen MR) is 138 cm³/mol. The van der Waals surface area contributed by atoms with E-state index in [9.17, 15) is 9.59 Å². The molecule has 35 heavy (non-hydrogen) atoms. The molecular formula is C31H28N2O2. The Morgan fingerprint density at radius 2 is 1.00 bits per heavy atom. The van der Waals surface area contributed by atoms with Crippen molar-refractivity contribution in [1.82, 2.24) is 9.80 Å². The zero-order chi connectivity index (χ0) is 24.0. The molecule has 2 amide bonds. The van der Waals surface area contributed by atoms with Crippen LogP contribution in [0.5, 0.6) is 0 Å². The number of piperazine rings is 1. The average molecular weight is 461 g/mol. The van der Waals surface area contributed by atoms with Gasteiger partial charge in [-0.15, -0.1) is 0 Å². The van der Waals surface area contributed by atoms with Crippen LogP contribution in [0.4, 0.5) is 0 Å². The van der Waals surface area contributed by atoms with Crippen LogP contribution in [-0.2, 0) is 0 Å². The molecule has 4 nitrogen and oxygen atoms in total. The fraction of sp³-hybridized carbons (Fsp3) is 0.161. The van der Waals surface area contributed by atoms with Crippen molar-refractivity contribution in [2.75, 3.05) is 19.6 Å². The van der Waals surface area contributed by atoms with E-state index in [2.05, 4.69) is 24.3 Å². The van der Waals surface area contributed by atoms with Crippen LogP contribution in [0, 0.1) is 0 Å². The Balaban J connectivity index is 1.56. The zero-order valence-corrected chi connectivity index (χ0v) is 19.5. The van der Waals surface area contributed by atoms with Gasteiger partial charge in [-0.2, -0.15) is 0 Å². The lowest BCUT2D eigenvalue weighted by Crippen LogP contribution is -2.58. The standard InChI is InChI=1S/C31H28N2O2/c34-30(26-17-9-3-10-18-26)32-21-22-33(31(35)27-19-11-4-12-20-27)28(23-32)29(24-13-5-1-6-14-24)25-15-7-2-8-16-25/h1-20,28-29H,21-23H2. The Kier molecular flexibility index (Phi) is 6.71. The first-order valence-electron chi connectivity index (χ1n) is 12.0. The SMILES string of the molecule is O=C(c1ccccc1)N1CCN(C(=O)c2ccccc2)C(C(c2ccccc2)c2ccccc2)C1. The zero-order valence-electron chi connectivity index (χ0n) is 19.5. The van der Waals surface area contributed by atoms with Gasteiger partial charge < -0.3 is 9.80 Å². The van der Waals surface area contributed by atoms with Crippen LogP contribution in [-0.4, -0.2) is 47.3 Å². The highest BCUT2D eigenvalue weighted by atomic mass is 16.2. The monoisotopic (exact) mass is 460 g/mol. The molecule has 1 atom stereocenters. The first kappa shape index (κ1) is 22.6. The molecule has 0 aromatic heterocycles. The number of rotatable bonds is 5. The summed E-state index contributed by atoms with van der Waals surface area (Å²) >= 11 is 0. The van der Waals surface area contributed by atoms with Crippen LogP contribution in [0.2, 0.25) is 0 Å². The molecule has 0 aliphatic carbocycles. The summed E-state index contributed by atoms with van der Waals surface area (Å²) in [4.78, 5) is 31.0. The normalized spacial score (nSPS) is 15.7. The van der Waals surface area contributed by atoms with Gasteiger partial charge in [0.25, 0.3) is 11.8 Å². The van der Waals surface area contributed by atoms with Crippen LogP contribution >= 0.6 is 0 Å². The van der Waals surface area contributed by atoms with Gasteiger partial charge in [0, 0.05) is 36.7 Å². The summed E-state index contributed by atoms with van der Waals surface area (Å²) in [5.41, 5.74) is 3.59. The summed E-state index contributed by atoms with van der Waals surface area (Å²) in [5, 5.41) is 0. The number of benzene rings is 4. The predicted octanol–water partition coefficient (Wildman–Crippen LogP) is 5.49. The second-order valence-corrected chi connectivity index (χ2v) is 8.85. The van der Waals surface area contributed by atoms with Crippen LogP contribution in [0.3, 0.4) is 0 Å². The van der Waals surface area contributed by atoms with Gasteiger partial charge in [0.05, 0.1) is 6.04 Å². The van der Waals surface area contributed by atoms with Crippen LogP contribution in [0.15, 0.2) is 121 Å². The van der Waals surface area contributed by atoms with Gasteiger partial charge in [0.2, 0.25) is 0 Å². The van der Waals surface area contributed by atoms with Gasteiger partial charge in [-0.05, 0) is 35.4 Å². The van der Waals surface area contributed by atoms with Crippen molar-refractivity contribution in [2.45, 2.75) is 12.0 Å². The summed E-state index contributed by atoms with van der Waals surface area (Å²) in [6.07, 6.45) is 0. The van der Waals surface area contributed by atoms with Crippen molar-refractivity contribution < 1.29 is 9.59 Å². The highest BCUT2D eigenvalue weighted by Gasteiger charge is 2.39. The summed E-state index contributed by atoms with van der Waals surface area (Å²) in [7, 11) is 0. The number of hydrogen-bond donors (Lipinski definition) is 0. The van der Waals surface area contributed by atoms with E-state index < -0.39 is 0 Å². The maximum absolute atomic E-state index is 13.7. The van der Waals surface area contributed by atoms with Crippen molar-refractivity contribution in [3.8, 4) is 0 Å². The van der Waals surface area contributed by atoms with Gasteiger partial charge in [-0.3, -0.25) is 9.59 Å². The van der Waals surface area contributed by atoms with E-state index in [0.717, 1.165) is 11.1 Å². The Hall–Kier alpha value is -4.18. The molecule has 1 aliphatic rings. The van der Waals surface area contributed by atoms with E-state index in [1.54, 1.807) is 0 Å². The lowest BCUT2D eigenvalue weighted by Gasteiger charge is -2.45. The fourth-order valence-electron chi connectivity index (χ4n) is 5.00. The second-order valence-electron chi connectivity index (χ2n) is 8.85. The van der Waals surface area contributed by atoms with Crippen molar-refractivity contribution in [1.29, 1.82) is 0 Å². The topological polar surface area (TPSA) is 40.6 Å². The molecule has 4 aromatic carbocycles. The van der Waals surface area contributed by atoms with E-state index in [4.69, 9.17) is 0 Å². The van der Waals surface area contributed by atoms with E-state index in [0.29, 0.717) is 30.8 Å². The minimum Gasteiger partial charge on any atom is -0.335 e. The second kappa shape index (κ2) is 10.4. The molecule has 174 valence electrons. The molecule has 0 radical (unpaired) electrons. The molecule has 0 bridgehead atoms. The highest BCUT2D eigenvalue weighted by Crippen LogP contribution is 2.34. The van der Waals surface area contributed by atoms with Gasteiger partial charge in [0.1, 0.15) is 0 Å². The molecule has 4 aromatic rings. The lowest BCUT2D eigenvalue weighted by molar-refractivity contribution is 0.0358. The van der Waals surface area contributed by atoms with Gasteiger partial charge in [-0.1, -0.05) is 97.1 Å². The molecular weight excluding hydrogens is 432 g/mol. The van der Waals surface area contributed by atoms with Gasteiger partial charge >= 0.3 is 0 Å². The van der Waals surface area contributed by atoms with Crippen LogP contribution < -0.4 is 0 Å². The van der Waals surface area contributed by atoms with Gasteiger partial charge in [-0.25, -0.2) is 0 Å². The minimum atomic E-state index is -0.214. The third kappa shape index (κ3) is 4.87. The number of carbonyl (C=O) groups excluding carboxylic acids is 2. The fourth-order valence-corrected chi connectivity index (χ4v) is 5.00. The largest absolute Gasteiger partial charge is 0.335 e. The summed E-state index contributed by atoms with van der Waals surface area (Å²) in [6.45, 7) is 1.44. The quantitative estimate of drug-likeness (QED) is 0.395. The molecule has 4 heteroatoms. The van der Waals surface area contributed by atoms with E-state index in [1.807, 2.05) is 107 Å². The van der Waals surface area contributed by atoms with E-state index in [-0.39, 0.29) is 23.8 Å². The van der Waals surface area contributed by atoms with Crippen molar-refractivity contribution in [3.05, 3.63) is 144 Å². The van der Waals surface area contributed by atoms with E-state index >= 15 is 0 Å². The van der Waals surface area contributed by atoms with Crippen molar-refractivity contribution in [2.24, 2.45) is 0 Å². The molecule has 5 rings (SSSR count). The Morgan fingerprint density at radius 1 is 0.571 bits per heavy atom. The minimum absolute atomic E-state index is 0.000674. The van der Waals surface area contributed by atoms with Gasteiger partial charge in [0.15, 0.2) is 0 Å². The third-order valence-electron chi connectivity index (χ3n) is 6.71. The Labute approximate surface area is 206 Å². The van der Waals surface area contributed by atoms with E-state index in [1.165, 1.54) is 0 Å². The maximum atomic E-state index is 13.7. The number of nitrogens with zero attached hydrogens (tertiary/aromatic N) is 2. The molecule has 1 unspecified atom stereocenters. The first-order valence-corrected chi connectivity index (χ1v) is 12.0. The Morgan fingerprint density at radius 3 is 1.49 bits per heavy atom. The van der Waals surface area contributed by atoms with Crippen LogP contribution in [0.25, 0.3) is 0 Å². The average Bonchev–Trinajstić information content (AvgIpc) is 2.94. The third-order valence-corrected chi connectivity index (χ3v) is 6.71. The van der Waals surface area contributed by atoms with Crippen molar-refractivity contribution >= 4 is 11.8 Å². The molecule has 1 aliphatic heterocycles. The Bertz CT molecular complexity index is 1220. The number of carbonyl (C=O) groups is 2. The summed E-state index contributed by atoms with van der Waals surface area (Å²) in [6, 6.07) is 39.2. The molecule has 1 saturated heterocycles. The highest BCUT2D eigenvalue weighted by molar-refractivity contribution is 5.96. The molecule has 0 spiro atoms. The summed E-state index contributed by atoms with van der Waals surface area (Å²) < 4.78 is 0. The molecule has 1 fully saturated rings. The lowest BCUT2D eigenvalue weighted by atomic mass is 9.82.